The Morgan fingerprint density at radius 2 is 2.32 bits per heavy atom. The molecule has 102 valence electrons. The van der Waals surface area contributed by atoms with Crippen LogP contribution in [0.25, 0.3) is 0 Å². The van der Waals surface area contributed by atoms with Crippen molar-refractivity contribution in [3.8, 4) is 0 Å². The van der Waals surface area contributed by atoms with Gasteiger partial charge in [-0.1, -0.05) is 19.9 Å². The highest BCUT2D eigenvalue weighted by Crippen LogP contribution is 2.26. The molecule has 0 spiro atoms. The van der Waals surface area contributed by atoms with Crippen LogP contribution >= 0.6 is 11.3 Å². The van der Waals surface area contributed by atoms with Crippen LogP contribution in [-0.4, -0.2) is 11.1 Å². The highest BCUT2D eigenvalue weighted by molar-refractivity contribution is 7.10. The fourth-order valence-electron chi connectivity index (χ4n) is 1.93. The molecule has 0 fully saturated rings. The molecule has 0 saturated carbocycles. The molecule has 2 heterocycles. The Bertz CT molecular complexity index is 531. The zero-order chi connectivity index (χ0) is 13.8. The molecule has 2 aromatic heterocycles. The van der Waals surface area contributed by atoms with Gasteiger partial charge in [0.1, 0.15) is 12.0 Å². The van der Waals surface area contributed by atoms with Gasteiger partial charge >= 0.3 is 5.97 Å². The van der Waals surface area contributed by atoms with Gasteiger partial charge < -0.3 is 14.8 Å². The second kappa shape index (κ2) is 6.04. The number of carboxylic acids is 1. The highest BCUT2D eigenvalue weighted by atomic mass is 32.1. The van der Waals surface area contributed by atoms with Crippen molar-refractivity contribution in [3.05, 3.63) is 46.0 Å². The van der Waals surface area contributed by atoms with Gasteiger partial charge in [0, 0.05) is 10.9 Å². The summed E-state index contributed by atoms with van der Waals surface area (Å²) in [4.78, 5) is 12.0. The minimum atomic E-state index is -0.964. The molecule has 0 aliphatic heterocycles. The van der Waals surface area contributed by atoms with Gasteiger partial charge in [0.2, 0.25) is 0 Å². The summed E-state index contributed by atoms with van der Waals surface area (Å²) in [5, 5.41) is 14.3. The monoisotopic (exact) mass is 279 g/mol. The molecule has 2 N–H and O–H groups in total. The van der Waals surface area contributed by atoms with Crippen LogP contribution in [0, 0.1) is 5.92 Å². The van der Waals surface area contributed by atoms with Gasteiger partial charge in [-0.2, -0.15) is 0 Å². The highest BCUT2D eigenvalue weighted by Gasteiger charge is 2.17. The van der Waals surface area contributed by atoms with Gasteiger partial charge in [-0.15, -0.1) is 11.3 Å². The van der Waals surface area contributed by atoms with Crippen molar-refractivity contribution in [1.29, 1.82) is 0 Å². The molecule has 4 nitrogen and oxygen atoms in total. The predicted molar refractivity (Wildman–Crippen MR) is 74.4 cm³/mol. The van der Waals surface area contributed by atoms with E-state index in [0.29, 0.717) is 18.2 Å². The Kier molecular flexibility index (Phi) is 4.39. The third-order valence-electron chi connectivity index (χ3n) is 2.91. The lowest BCUT2D eigenvalue weighted by molar-refractivity contribution is 0.0696. The third-order valence-corrected chi connectivity index (χ3v) is 3.87. The standard InChI is InChI=1S/C14H17NO3S/c1-9(2)13(12-4-3-5-19-12)15-7-11-6-10(8-18-11)14(16)17/h3-6,8-9,13,15H,7H2,1-2H3,(H,16,17). The fraction of sp³-hybridized carbons (Fsp3) is 0.357. The number of carboxylic acid groups (broad SMARTS) is 1. The van der Waals surface area contributed by atoms with Crippen molar-refractivity contribution < 1.29 is 14.3 Å². The molecule has 5 heteroatoms. The molecule has 0 amide bonds. The molecule has 2 rings (SSSR count). The first-order chi connectivity index (χ1) is 9.08. The fourth-order valence-corrected chi connectivity index (χ4v) is 2.90. The Balaban J connectivity index is 2.01. The zero-order valence-corrected chi connectivity index (χ0v) is 11.7. The minimum absolute atomic E-state index is 0.189. The summed E-state index contributed by atoms with van der Waals surface area (Å²) in [5.74, 6) is 0.126. The molecule has 0 aliphatic rings. The van der Waals surface area contributed by atoms with Crippen LogP contribution in [0.2, 0.25) is 0 Å². The van der Waals surface area contributed by atoms with Crippen molar-refractivity contribution in [3.63, 3.8) is 0 Å². The van der Waals surface area contributed by atoms with Crippen molar-refractivity contribution in [1.82, 2.24) is 5.32 Å². The number of aromatic carboxylic acids is 1. The maximum absolute atomic E-state index is 10.8. The lowest BCUT2D eigenvalue weighted by atomic mass is 10.0. The number of nitrogens with one attached hydrogen (secondary N) is 1. The number of thiophene rings is 1. The quantitative estimate of drug-likeness (QED) is 0.849. The molecular formula is C14H17NO3S. The number of hydrogen-bond donors (Lipinski definition) is 2. The van der Waals surface area contributed by atoms with Crippen LogP contribution in [0.1, 0.15) is 40.9 Å². The molecule has 1 unspecified atom stereocenters. The molecule has 19 heavy (non-hydrogen) atoms. The normalized spacial score (nSPS) is 12.8. The van der Waals surface area contributed by atoms with E-state index < -0.39 is 5.97 Å². The maximum Gasteiger partial charge on any atom is 0.338 e. The summed E-state index contributed by atoms with van der Waals surface area (Å²) < 4.78 is 5.23. The second-order valence-corrected chi connectivity index (χ2v) is 5.70. The average Bonchev–Trinajstić information content (AvgIpc) is 2.98. The van der Waals surface area contributed by atoms with Crippen LogP contribution in [0.15, 0.2) is 34.3 Å². The van der Waals surface area contributed by atoms with Crippen LogP contribution < -0.4 is 5.32 Å². The summed E-state index contributed by atoms with van der Waals surface area (Å²) in [7, 11) is 0. The van der Waals surface area contributed by atoms with Crippen LogP contribution in [0.3, 0.4) is 0 Å². The van der Waals surface area contributed by atoms with E-state index in [1.54, 1.807) is 17.4 Å². The molecule has 2 aromatic rings. The van der Waals surface area contributed by atoms with Crippen molar-refractivity contribution in [2.75, 3.05) is 0 Å². The maximum atomic E-state index is 10.8. The summed E-state index contributed by atoms with van der Waals surface area (Å²) in [5.41, 5.74) is 0.189. The van der Waals surface area contributed by atoms with Gasteiger partial charge in [-0.3, -0.25) is 0 Å². The summed E-state index contributed by atoms with van der Waals surface area (Å²) in [6.45, 7) is 4.83. The number of furan rings is 1. The summed E-state index contributed by atoms with van der Waals surface area (Å²) in [6.07, 6.45) is 1.27. The van der Waals surface area contributed by atoms with E-state index in [9.17, 15) is 4.79 Å². The van der Waals surface area contributed by atoms with E-state index in [2.05, 4.69) is 30.6 Å². The van der Waals surface area contributed by atoms with E-state index in [1.165, 1.54) is 11.1 Å². The van der Waals surface area contributed by atoms with Crippen molar-refractivity contribution in [2.24, 2.45) is 5.92 Å². The second-order valence-electron chi connectivity index (χ2n) is 4.72. The van der Waals surface area contributed by atoms with Crippen molar-refractivity contribution >= 4 is 17.3 Å². The summed E-state index contributed by atoms with van der Waals surface area (Å²) in [6, 6.07) is 5.94. The predicted octanol–water partition coefficient (Wildman–Crippen LogP) is 3.53. The SMILES string of the molecule is CC(C)C(NCc1cc(C(=O)O)co1)c1cccs1. The first-order valence-electron chi connectivity index (χ1n) is 6.15. The smallest absolute Gasteiger partial charge is 0.338 e. The first kappa shape index (κ1) is 13.8. The Hall–Kier alpha value is -1.59. The van der Waals surface area contributed by atoms with Gasteiger partial charge in [-0.05, 0) is 23.4 Å². The third kappa shape index (κ3) is 3.45. The van der Waals surface area contributed by atoms with Crippen molar-refractivity contribution in [2.45, 2.75) is 26.4 Å². The van der Waals surface area contributed by atoms with Crippen LogP contribution in [0.5, 0.6) is 0 Å². The van der Waals surface area contributed by atoms with Gasteiger partial charge in [0.15, 0.2) is 0 Å². The van der Waals surface area contributed by atoms with Crippen LogP contribution in [0.4, 0.5) is 0 Å². The lowest BCUT2D eigenvalue weighted by Gasteiger charge is -2.20. The Labute approximate surface area is 116 Å². The van der Waals surface area contributed by atoms with E-state index in [1.807, 2.05) is 6.07 Å². The topological polar surface area (TPSA) is 62.5 Å². The Morgan fingerprint density at radius 1 is 1.53 bits per heavy atom. The first-order valence-corrected chi connectivity index (χ1v) is 7.03. The average molecular weight is 279 g/mol. The number of carbonyl (C=O) groups is 1. The molecule has 1 atom stereocenters. The molecule has 0 aliphatic carbocycles. The molecule has 0 saturated heterocycles. The van der Waals surface area contributed by atoms with E-state index in [4.69, 9.17) is 9.52 Å². The lowest BCUT2D eigenvalue weighted by Crippen LogP contribution is -2.24. The van der Waals surface area contributed by atoms with Gasteiger partial charge in [0.25, 0.3) is 0 Å². The van der Waals surface area contributed by atoms with E-state index >= 15 is 0 Å². The minimum Gasteiger partial charge on any atom is -0.478 e. The van der Waals surface area contributed by atoms with E-state index in [-0.39, 0.29) is 11.6 Å². The van der Waals surface area contributed by atoms with E-state index in [0.717, 1.165) is 0 Å². The molecule has 0 radical (unpaired) electrons. The van der Waals surface area contributed by atoms with Gasteiger partial charge in [0.05, 0.1) is 12.1 Å². The molecule has 0 bridgehead atoms. The Morgan fingerprint density at radius 3 is 2.84 bits per heavy atom. The zero-order valence-electron chi connectivity index (χ0n) is 10.9. The molecule has 0 aromatic carbocycles. The van der Waals surface area contributed by atoms with Crippen LogP contribution in [-0.2, 0) is 6.54 Å². The molecular weight excluding hydrogens is 262 g/mol. The number of rotatable bonds is 6. The number of hydrogen-bond acceptors (Lipinski definition) is 4. The largest absolute Gasteiger partial charge is 0.478 e. The summed E-state index contributed by atoms with van der Waals surface area (Å²) >= 11 is 1.72. The van der Waals surface area contributed by atoms with Gasteiger partial charge in [-0.25, -0.2) is 4.79 Å².